The number of aromatic nitrogens is 2. The van der Waals surface area contributed by atoms with Crippen LogP contribution in [0.15, 0.2) is 0 Å². The molecule has 0 spiro atoms. The lowest BCUT2D eigenvalue weighted by atomic mass is 10.4. The first-order valence-electron chi connectivity index (χ1n) is 3.17. The lowest BCUT2D eigenvalue weighted by Crippen LogP contribution is -1.98. The topological polar surface area (TPSA) is 58.8 Å². The molecule has 0 unspecified atom stereocenters. The van der Waals surface area contributed by atoms with Crippen LogP contribution in [-0.2, 0) is 0 Å². The Bertz CT molecular complexity index is 345. The number of ether oxygens (including phenoxy) is 1. The average Bonchev–Trinajstić information content (AvgIpc) is 2.09. The van der Waals surface area contributed by atoms with E-state index in [-0.39, 0.29) is 16.7 Å². The van der Waals surface area contributed by atoms with E-state index in [0.29, 0.717) is 5.69 Å². The number of hydrogen-bond acceptors (Lipinski definition) is 4. The van der Waals surface area contributed by atoms with Crippen molar-refractivity contribution in [2.24, 2.45) is 0 Å². The fourth-order valence-electron chi connectivity index (χ4n) is 0.700. The van der Waals surface area contributed by atoms with Crippen LogP contribution >= 0.6 is 11.6 Å². The van der Waals surface area contributed by atoms with Crippen molar-refractivity contribution in [2.45, 2.75) is 6.92 Å². The zero-order valence-corrected chi connectivity index (χ0v) is 7.38. The molecule has 0 saturated heterocycles. The highest BCUT2D eigenvalue weighted by Gasteiger charge is 2.08. The summed E-state index contributed by atoms with van der Waals surface area (Å²) >= 11 is 5.66. The van der Waals surface area contributed by atoms with E-state index in [2.05, 4.69) is 9.97 Å². The number of methoxy groups -OCH3 is 1. The molecule has 0 aliphatic rings. The molecule has 4 nitrogen and oxygen atoms in total. The summed E-state index contributed by atoms with van der Waals surface area (Å²) in [5, 5.41) is 8.84. The molecule has 0 N–H and O–H groups in total. The number of nitrogens with zero attached hydrogens (tertiary/aromatic N) is 3. The van der Waals surface area contributed by atoms with Crippen LogP contribution in [0.5, 0.6) is 5.88 Å². The Morgan fingerprint density at radius 2 is 2.17 bits per heavy atom. The van der Waals surface area contributed by atoms with E-state index < -0.39 is 0 Å². The molecule has 0 aliphatic heterocycles. The van der Waals surface area contributed by atoms with Gasteiger partial charge in [0.15, 0.2) is 5.15 Å². The van der Waals surface area contributed by atoms with Crippen molar-refractivity contribution < 1.29 is 4.74 Å². The summed E-state index contributed by atoms with van der Waals surface area (Å²) in [6.07, 6.45) is 0. The molecule has 62 valence electrons. The molecule has 0 aromatic carbocycles. The van der Waals surface area contributed by atoms with Crippen molar-refractivity contribution in [1.29, 1.82) is 5.26 Å². The zero-order chi connectivity index (χ0) is 9.14. The Morgan fingerprint density at radius 1 is 1.50 bits per heavy atom. The van der Waals surface area contributed by atoms with E-state index in [0.717, 1.165) is 0 Å². The van der Waals surface area contributed by atoms with Crippen molar-refractivity contribution >= 4 is 11.6 Å². The van der Waals surface area contributed by atoms with Crippen LogP contribution in [0.1, 0.15) is 11.4 Å². The van der Waals surface area contributed by atoms with E-state index in [4.69, 9.17) is 21.6 Å². The summed E-state index contributed by atoms with van der Waals surface area (Å²) in [5.41, 5.74) is 0.674. The third kappa shape index (κ3) is 1.46. The molecule has 0 atom stereocenters. The molecule has 0 bridgehead atoms. The van der Waals surface area contributed by atoms with Crippen LogP contribution in [0.25, 0.3) is 0 Å². The minimum Gasteiger partial charge on any atom is -0.479 e. The van der Waals surface area contributed by atoms with Gasteiger partial charge in [0.05, 0.1) is 12.8 Å². The van der Waals surface area contributed by atoms with Gasteiger partial charge in [0.25, 0.3) is 5.88 Å². The summed E-state index contributed by atoms with van der Waals surface area (Å²) in [6.45, 7) is 1.68. The quantitative estimate of drug-likeness (QED) is 0.659. The fourth-order valence-corrected chi connectivity index (χ4v) is 0.819. The number of halogens is 1. The van der Waals surface area contributed by atoms with Gasteiger partial charge in [-0.25, -0.2) is 4.98 Å². The van der Waals surface area contributed by atoms with Crippen molar-refractivity contribution in [3.63, 3.8) is 0 Å². The number of aryl methyl sites for hydroxylation is 1. The average molecular weight is 184 g/mol. The molecule has 0 amide bonds. The smallest absolute Gasteiger partial charge is 0.252 e. The zero-order valence-electron chi connectivity index (χ0n) is 6.63. The normalized spacial score (nSPS) is 9.17. The highest BCUT2D eigenvalue weighted by Crippen LogP contribution is 2.17. The Hall–Kier alpha value is -1.34. The van der Waals surface area contributed by atoms with Gasteiger partial charge in [-0.15, -0.1) is 0 Å². The van der Waals surface area contributed by atoms with Gasteiger partial charge in [0, 0.05) is 0 Å². The minimum atomic E-state index is 0.152. The lowest BCUT2D eigenvalue weighted by molar-refractivity contribution is 0.393. The van der Waals surface area contributed by atoms with E-state index in [9.17, 15) is 0 Å². The second-order valence-electron chi connectivity index (χ2n) is 2.07. The van der Waals surface area contributed by atoms with Crippen LogP contribution in [0.4, 0.5) is 0 Å². The molecule has 1 rings (SSSR count). The highest BCUT2D eigenvalue weighted by molar-refractivity contribution is 6.30. The Balaban J connectivity index is 3.31. The van der Waals surface area contributed by atoms with Gasteiger partial charge in [0.1, 0.15) is 6.07 Å². The molecule has 0 saturated carbocycles. The molecule has 0 radical (unpaired) electrons. The summed E-state index contributed by atoms with van der Waals surface area (Å²) < 4.78 is 4.79. The van der Waals surface area contributed by atoms with Gasteiger partial charge in [-0.3, -0.25) is 0 Å². The predicted molar refractivity (Wildman–Crippen MR) is 43.0 cm³/mol. The summed E-state index contributed by atoms with van der Waals surface area (Å²) in [7, 11) is 1.41. The molecule has 0 aliphatic carbocycles. The van der Waals surface area contributed by atoms with Crippen LogP contribution in [0.3, 0.4) is 0 Å². The Morgan fingerprint density at radius 3 is 2.67 bits per heavy atom. The summed E-state index contributed by atoms with van der Waals surface area (Å²) in [4.78, 5) is 7.70. The molecule has 1 aromatic rings. The predicted octanol–water partition coefficient (Wildman–Crippen LogP) is 1.32. The van der Waals surface area contributed by atoms with Gasteiger partial charge >= 0.3 is 0 Å². The molecular formula is C7H6ClN3O. The monoisotopic (exact) mass is 183 g/mol. The van der Waals surface area contributed by atoms with E-state index in [1.165, 1.54) is 7.11 Å². The Kier molecular flexibility index (Phi) is 2.46. The molecular weight excluding hydrogens is 178 g/mol. The minimum absolute atomic E-state index is 0.152. The lowest BCUT2D eigenvalue weighted by Gasteiger charge is -2.01. The second-order valence-corrected chi connectivity index (χ2v) is 2.43. The Labute approximate surface area is 74.8 Å². The number of nitriles is 1. The van der Waals surface area contributed by atoms with Crippen molar-refractivity contribution in [1.82, 2.24) is 9.97 Å². The third-order valence-electron chi connectivity index (χ3n) is 1.28. The van der Waals surface area contributed by atoms with Crippen LogP contribution in [0.2, 0.25) is 5.15 Å². The van der Waals surface area contributed by atoms with Crippen molar-refractivity contribution in [3.8, 4) is 11.9 Å². The van der Waals surface area contributed by atoms with Crippen molar-refractivity contribution in [2.75, 3.05) is 7.11 Å². The first kappa shape index (κ1) is 8.75. The first-order valence-corrected chi connectivity index (χ1v) is 3.55. The molecule has 12 heavy (non-hydrogen) atoms. The standard InChI is InChI=1S/C7H6ClN3O/c1-4-6(8)11-7(12-2)5(3-9)10-4/h1-2H3. The van der Waals surface area contributed by atoms with E-state index in [1.54, 1.807) is 6.92 Å². The van der Waals surface area contributed by atoms with Gasteiger partial charge in [0.2, 0.25) is 5.69 Å². The van der Waals surface area contributed by atoms with Crippen molar-refractivity contribution in [3.05, 3.63) is 16.5 Å². The second kappa shape index (κ2) is 3.37. The van der Waals surface area contributed by atoms with Crippen LogP contribution in [0, 0.1) is 18.3 Å². The number of rotatable bonds is 1. The maximum absolute atomic E-state index is 8.59. The fraction of sp³-hybridized carbons (Fsp3) is 0.286. The van der Waals surface area contributed by atoms with Gasteiger partial charge < -0.3 is 4.74 Å². The van der Waals surface area contributed by atoms with E-state index >= 15 is 0 Å². The van der Waals surface area contributed by atoms with E-state index in [1.807, 2.05) is 6.07 Å². The summed E-state index contributed by atoms with van der Waals surface area (Å²) in [5.74, 6) is 0.160. The van der Waals surface area contributed by atoms with Gasteiger partial charge in [-0.1, -0.05) is 11.6 Å². The molecule has 5 heteroatoms. The molecule has 1 aromatic heterocycles. The summed E-state index contributed by atoms with van der Waals surface area (Å²) in [6, 6.07) is 1.86. The maximum Gasteiger partial charge on any atom is 0.252 e. The van der Waals surface area contributed by atoms with Gasteiger partial charge in [-0.2, -0.15) is 10.2 Å². The highest BCUT2D eigenvalue weighted by atomic mass is 35.5. The van der Waals surface area contributed by atoms with Gasteiger partial charge in [-0.05, 0) is 6.92 Å². The molecule has 0 fully saturated rings. The molecule has 1 heterocycles. The number of hydrogen-bond donors (Lipinski definition) is 0. The maximum atomic E-state index is 8.59. The third-order valence-corrected chi connectivity index (χ3v) is 1.64. The van der Waals surface area contributed by atoms with Crippen LogP contribution in [-0.4, -0.2) is 17.1 Å². The van der Waals surface area contributed by atoms with Crippen LogP contribution < -0.4 is 4.74 Å². The first-order chi connectivity index (χ1) is 5.69. The largest absolute Gasteiger partial charge is 0.479 e. The SMILES string of the molecule is COc1nc(Cl)c(C)nc1C#N.